The molecule has 4 nitrogen and oxygen atoms in total. The van der Waals surface area contributed by atoms with E-state index in [1.807, 2.05) is 0 Å². The van der Waals surface area contributed by atoms with Gasteiger partial charge in [-0.25, -0.2) is 4.79 Å². The number of methoxy groups -OCH3 is 1. The summed E-state index contributed by atoms with van der Waals surface area (Å²) >= 11 is 0. The van der Waals surface area contributed by atoms with Gasteiger partial charge in [0, 0.05) is 0 Å². The SMILES string of the molecule is COc1c(N)cccc1C(=O)OCCC(C)(C)C. The van der Waals surface area contributed by atoms with Gasteiger partial charge in [-0.1, -0.05) is 26.8 Å². The second-order valence-electron chi connectivity index (χ2n) is 5.37. The molecule has 1 rings (SSSR count). The molecule has 100 valence electrons. The van der Waals surface area contributed by atoms with E-state index in [1.54, 1.807) is 18.2 Å². The number of rotatable bonds is 4. The van der Waals surface area contributed by atoms with Crippen LogP contribution in [0, 0.1) is 5.41 Å². The van der Waals surface area contributed by atoms with Crippen molar-refractivity contribution >= 4 is 11.7 Å². The average molecular weight is 251 g/mol. The number of ether oxygens (including phenoxy) is 2. The summed E-state index contributed by atoms with van der Waals surface area (Å²) in [6.07, 6.45) is 0.809. The molecule has 18 heavy (non-hydrogen) atoms. The largest absolute Gasteiger partial charge is 0.494 e. The molecule has 0 bridgehead atoms. The maximum Gasteiger partial charge on any atom is 0.342 e. The number of hydrogen-bond donors (Lipinski definition) is 1. The van der Waals surface area contributed by atoms with Crippen LogP contribution in [0.3, 0.4) is 0 Å². The number of esters is 1. The first-order valence-corrected chi connectivity index (χ1v) is 5.95. The molecular weight excluding hydrogens is 230 g/mol. The van der Waals surface area contributed by atoms with Gasteiger partial charge in [-0.3, -0.25) is 0 Å². The number of nitrogens with two attached hydrogens (primary N) is 1. The predicted octanol–water partition coefficient (Wildman–Crippen LogP) is 2.87. The fourth-order valence-electron chi connectivity index (χ4n) is 1.47. The van der Waals surface area contributed by atoms with Crippen LogP contribution in [0.2, 0.25) is 0 Å². The third kappa shape index (κ3) is 3.95. The Balaban J connectivity index is 2.70. The molecule has 0 aliphatic heterocycles. The maximum absolute atomic E-state index is 11.9. The molecule has 0 heterocycles. The highest BCUT2D eigenvalue weighted by molar-refractivity contribution is 5.94. The van der Waals surface area contributed by atoms with Gasteiger partial charge < -0.3 is 15.2 Å². The van der Waals surface area contributed by atoms with E-state index < -0.39 is 5.97 Å². The van der Waals surface area contributed by atoms with Crippen molar-refractivity contribution in [2.24, 2.45) is 5.41 Å². The van der Waals surface area contributed by atoms with E-state index in [4.69, 9.17) is 15.2 Å². The zero-order valence-electron chi connectivity index (χ0n) is 11.4. The number of para-hydroxylation sites is 1. The fraction of sp³-hybridized carbons (Fsp3) is 0.500. The lowest BCUT2D eigenvalue weighted by Crippen LogP contribution is -2.14. The molecule has 0 saturated carbocycles. The van der Waals surface area contributed by atoms with E-state index >= 15 is 0 Å². The summed E-state index contributed by atoms with van der Waals surface area (Å²) in [6.45, 7) is 6.69. The van der Waals surface area contributed by atoms with Crippen LogP contribution >= 0.6 is 0 Å². The molecule has 4 heteroatoms. The van der Waals surface area contributed by atoms with Crippen molar-refractivity contribution in [2.45, 2.75) is 27.2 Å². The van der Waals surface area contributed by atoms with Gasteiger partial charge in [0.25, 0.3) is 0 Å². The van der Waals surface area contributed by atoms with Crippen LogP contribution in [0.4, 0.5) is 5.69 Å². The summed E-state index contributed by atoms with van der Waals surface area (Å²) < 4.78 is 10.3. The monoisotopic (exact) mass is 251 g/mol. The Kier molecular flexibility index (Phi) is 4.59. The van der Waals surface area contributed by atoms with E-state index in [0.29, 0.717) is 23.6 Å². The highest BCUT2D eigenvalue weighted by atomic mass is 16.5. The van der Waals surface area contributed by atoms with Gasteiger partial charge in [0.15, 0.2) is 5.75 Å². The molecule has 0 amide bonds. The zero-order valence-corrected chi connectivity index (χ0v) is 11.4. The van der Waals surface area contributed by atoms with E-state index in [-0.39, 0.29) is 5.41 Å². The Morgan fingerprint density at radius 3 is 2.56 bits per heavy atom. The lowest BCUT2D eigenvalue weighted by molar-refractivity contribution is 0.0461. The Morgan fingerprint density at radius 1 is 1.33 bits per heavy atom. The van der Waals surface area contributed by atoms with Crippen molar-refractivity contribution < 1.29 is 14.3 Å². The van der Waals surface area contributed by atoms with Gasteiger partial charge in [0.1, 0.15) is 5.56 Å². The summed E-state index contributed by atoms with van der Waals surface area (Å²) in [5.41, 5.74) is 6.67. The van der Waals surface area contributed by atoms with E-state index in [1.165, 1.54) is 7.11 Å². The zero-order chi connectivity index (χ0) is 13.8. The first-order valence-electron chi connectivity index (χ1n) is 5.95. The second kappa shape index (κ2) is 5.76. The highest BCUT2D eigenvalue weighted by Gasteiger charge is 2.17. The van der Waals surface area contributed by atoms with Crippen LogP contribution in [-0.2, 0) is 4.74 Å². The molecule has 1 aromatic carbocycles. The topological polar surface area (TPSA) is 61.5 Å². The summed E-state index contributed by atoms with van der Waals surface area (Å²) in [6, 6.07) is 5.04. The standard InChI is InChI=1S/C14H21NO3/c1-14(2,3)8-9-18-13(16)10-6-5-7-11(15)12(10)17-4/h5-7H,8-9,15H2,1-4H3. The molecule has 0 aliphatic carbocycles. The van der Waals surface area contributed by atoms with E-state index in [9.17, 15) is 4.79 Å². The van der Waals surface area contributed by atoms with Gasteiger partial charge >= 0.3 is 5.97 Å². The Labute approximate surface area is 108 Å². The summed E-state index contributed by atoms with van der Waals surface area (Å²) in [7, 11) is 1.48. The Morgan fingerprint density at radius 2 is 2.00 bits per heavy atom. The fourth-order valence-corrected chi connectivity index (χ4v) is 1.47. The Bertz CT molecular complexity index is 422. The molecular formula is C14H21NO3. The molecule has 1 aromatic rings. The summed E-state index contributed by atoms with van der Waals surface area (Å²) in [5.74, 6) is -0.0262. The molecule has 0 fully saturated rings. The van der Waals surface area contributed by atoms with Crippen LogP contribution in [0.1, 0.15) is 37.6 Å². The minimum absolute atomic E-state index is 0.139. The van der Waals surface area contributed by atoms with Crippen molar-refractivity contribution in [2.75, 3.05) is 19.5 Å². The van der Waals surface area contributed by atoms with Gasteiger partial charge in [0.05, 0.1) is 19.4 Å². The molecule has 0 radical (unpaired) electrons. The predicted molar refractivity (Wildman–Crippen MR) is 71.8 cm³/mol. The van der Waals surface area contributed by atoms with Crippen LogP contribution in [-0.4, -0.2) is 19.7 Å². The minimum Gasteiger partial charge on any atom is -0.494 e. The van der Waals surface area contributed by atoms with Crippen molar-refractivity contribution in [1.29, 1.82) is 0 Å². The number of anilines is 1. The maximum atomic E-state index is 11.9. The van der Waals surface area contributed by atoms with Gasteiger partial charge in [-0.2, -0.15) is 0 Å². The van der Waals surface area contributed by atoms with Crippen LogP contribution < -0.4 is 10.5 Å². The minimum atomic E-state index is -0.400. The third-order valence-electron chi connectivity index (χ3n) is 2.55. The smallest absolute Gasteiger partial charge is 0.342 e. The first-order chi connectivity index (χ1) is 8.35. The highest BCUT2D eigenvalue weighted by Crippen LogP contribution is 2.27. The number of hydrogen-bond acceptors (Lipinski definition) is 4. The van der Waals surface area contributed by atoms with Crippen molar-refractivity contribution in [3.63, 3.8) is 0 Å². The van der Waals surface area contributed by atoms with Gasteiger partial charge in [-0.15, -0.1) is 0 Å². The van der Waals surface area contributed by atoms with Gasteiger partial charge in [0.2, 0.25) is 0 Å². The molecule has 0 atom stereocenters. The van der Waals surface area contributed by atoms with Gasteiger partial charge in [-0.05, 0) is 24.0 Å². The van der Waals surface area contributed by atoms with Crippen molar-refractivity contribution in [1.82, 2.24) is 0 Å². The number of carbonyl (C=O) groups is 1. The quantitative estimate of drug-likeness (QED) is 0.660. The molecule has 2 N–H and O–H groups in total. The first kappa shape index (κ1) is 14.4. The molecule has 0 saturated heterocycles. The van der Waals surface area contributed by atoms with Crippen LogP contribution in [0.5, 0.6) is 5.75 Å². The van der Waals surface area contributed by atoms with Crippen LogP contribution in [0.25, 0.3) is 0 Å². The molecule has 0 spiro atoms. The average Bonchev–Trinajstić information content (AvgIpc) is 2.26. The molecule has 0 aliphatic rings. The van der Waals surface area contributed by atoms with Crippen molar-refractivity contribution in [3.8, 4) is 5.75 Å². The third-order valence-corrected chi connectivity index (χ3v) is 2.55. The normalized spacial score (nSPS) is 11.1. The number of benzene rings is 1. The Hall–Kier alpha value is -1.71. The second-order valence-corrected chi connectivity index (χ2v) is 5.37. The van der Waals surface area contributed by atoms with E-state index in [0.717, 1.165) is 6.42 Å². The number of carbonyl (C=O) groups excluding carboxylic acids is 1. The number of nitrogen functional groups attached to an aromatic ring is 1. The van der Waals surface area contributed by atoms with Crippen LogP contribution in [0.15, 0.2) is 18.2 Å². The van der Waals surface area contributed by atoms with E-state index in [2.05, 4.69) is 20.8 Å². The lowest BCUT2D eigenvalue weighted by Gasteiger charge is -2.18. The summed E-state index contributed by atoms with van der Waals surface area (Å²) in [4.78, 5) is 11.9. The van der Waals surface area contributed by atoms with Crippen molar-refractivity contribution in [3.05, 3.63) is 23.8 Å². The molecule has 0 unspecified atom stereocenters. The lowest BCUT2D eigenvalue weighted by atomic mass is 9.93. The molecule has 0 aromatic heterocycles. The summed E-state index contributed by atoms with van der Waals surface area (Å²) in [5, 5.41) is 0.